The van der Waals surface area contributed by atoms with Gasteiger partial charge in [0.05, 0.1) is 11.5 Å². The minimum Gasteiger partial charge on any atom is -0.331 e. The molecule has 0 unspecified atom stereocenters. The lowest BCUT2D eigenvalue weighted by atomic mass is 10.1. The average Bonchev–Trinajstić information content (AvgIpc) is 2.98. The minimum atomic E-state index is -3.13. The molecule has 1 heterocycles. The number of sulfone groups is 1. The molecule has 1 atom stereocenters. The second-order valence-electron chi connectivity index (χ2n) is 6.40. The van der Waals surface area contributed by atoms with Gasteiger partial charge in [0.25, 0.3) is 0 Å². The second-order valence-corrected chi connectivity index (χ2v) is 8.63. The van der Waals surface area contributed by atoms with Crippen LogP contribution in [0.15, 0.2) is 60.7 Å². The van der Waals surface area contributed by atoms with Gasteiger partial charge in [0, 0.05) is 18.7 Å². The van der Waals surface area contributed by atoms with E-state index in [1.807, 2.05) is 30.3 Å². The monoisotopic (exact) mass is 373 g/mol. The van der Waals surface area contributed by atoms with Crippen molar-refractivity contribution in [1.82, 2.24) is 4.90 Å². The van der Waals surface area contributed by atoms with Gasteiger partial charge in [0.2, 0.25) is 5.91 Å². The third-order valence-corrected chi connectivity index (χ3v) is 6.14. The Morgan fingerprint density at radius 3 is 2.58 bits per heavy atom. The molecule has 26 heavy (non-hydrogen) atoms. The molecule has 4 nitrogen and oxygen atoms in total. The Morgan fingerprint density at radius 2 is 1.92 bits per heavy atom. The highest BCUT2D eigenvalue weighted by Crippen LogP contribution is 2.21. The molecule has 0 N–H and O–H groups in total. The third-order valence-electron chi connectivity index (χ3n) is 4.39. The summed E-state index contributed by atoms with van der Waals surface area (Å²) in [4.78, 5) is 14.3. The highest BCUT2D eigenvalue weighted by Gasteiger charge is 2.34. The normalized spacial score (nSPS) is 18.9. The van der Waals surface area contributed by atoms with Crippen molar-refractivity contribution in [2.45, 2.75) is 19.0 Å². The van der Waals surface area contributed by atoms with E-state index in [-0.39, 0.29) is 29.8 Å². The summed E-state index contributed by atoms with van der Waals surface area (Å²) < 4.78 is 37.2. The van der Waals surface area contributed by atoms with Crippen LogP contribution in [-0.4, -0.2) is 36.8 Å². The molecule has 1 aliphatic heterocycles. The van der Waals surface area contributed by atoms with E-state index in [9.17, 15) is 17.6 Å². The van der Waals surface area contributed by atoms with Crippen molar-refractivity contribution in [1.29, 1.82) is 0 Å². The molecule has 1 saturated heterocycles. The van der Waals surface area contributed by atoms with Gasteiger partial charge < -0.3 is 4.90 Å². The maximum absolute atomic E-state index is 13.5. The average molecular weight is 373 g/mol. The fourth-order valence-corrected chi connectivity index (χ4v) is 4.80. The second kappa shape index (κ2) is 7.83. The molecule has 0 saturated carbocycles. The van der Waals surface area contributed by atoms with Crippen molar-refractivity contribution in [3.05, 3.63) is 77.6 Å². The minimum absolute atomic E-state index is 0.0484. The van der Waals surface area contributed by atoms with E-state index in [1.54, 1.807) is 18.2 Å². The molecule has 0 aromatic heterocycles. The number of carbonyl (C=O) groups excluding carboxylic acids is 1. The molecule has 0 aliphatic carbocycles. The van der Waals surface area contributed by atoms with E-state index in [0.29, 0.717) is 12.0 Å². The smallest absolute Gasteiger partial charge is 0.247 e. The summed E-state index contributed by atoms with van der Waals surface area (Å²) in [5.41, 5.74) is 1.52. The zero-order valence-corrected chi connectivity index (χ0v) is 15.0. The summed E-state index contributed by atoms with van der Waals surface area (Å²) >= 11 is 0. The topological polar surface area (TPSA) is 54.5 Å². The summed E-state index contributed by atoms with van der Waals surface area (Å²) in [6.45, 7) is 0.176. The maximum atomic E-state index is 13.5. The fourth-order valence-electron chi connectivity index (χ4n) is 3.07. The van der Waals surface area contributed by atoms with Crippen LogP contribution >= 0.6 is 0 Å². The predicted octanol–water partition coefficient (Wildman–Crippen LogP) is 3.05. The standard InChI is InChI=1S/C20H20FNO3S/c21-18-8-4-7-17(13-18)14-22(19-11-12-26(24,25)15-19)20(23)10-9-16-5-2-1-3-6-16/h1-10,13,19H,11-12,14-15H2/b10-9+/t19-/m1/s1. The van der Waals surface area contributed by atoms with E-state index >= 15 is 0 Å². The molecule has 136 valence electrons. The van der Waals surface area contributed by atoms with Crippen LogP contribution in [0.3, 0.4) is 0 Å². The molecular weight excluding hydrogens is 353 g/mol. The molecular formula is C20H20FNO3S. The first kappa shape index (κ1) is 18.3. The third kappa shape index (κ3) is 4.79. The van der Waals surface area contributed by atoms with Gasteiger partial charge in [-0.2, -0.15) is 0 Å². The predicted molar refractivity (Wildman–Crippen MR) is 99.5 cm³/mol. The van der Waals surface area contributed by atoms with Crippen LogP contribution in [0.5, 0.6) is 0 Å². The quantitative estimate of drug-likeness (QED) is 0.757. The number of rotatable bonds is 5. The van der Waals surface area contributed by atoms with Crippen molar-refractivity contribution >= 4 is 21.8 Å². The summed E-state index contributed by atoms with van der Waals surface area (Å²) in [7, 11) is -3.13. The van der Waals surface area contributed by atoms with Crippen molar-refractivity contribution in [3.8, 4) is 0 Å². The van der Waals surface area contributed by atoms with Crippen LogP contribution in [-0.2, 0) is 21.2 Å². The largest absolute Gasteiger partial charge is 0.331 e. The molecule has 1 aliphatic rings. The van der Waals surface area contributed by atoms with Gasteiger partial charge in [0.1, 0.15) is 5.82 Å². The molecule has 6 heteroatoms. The van der Waals surface area contributed by atoms with Gasteiger partial charge in [-0.3, -0.25) is 4.79 Å². The first-order chi connectivity index (χ1) is 12.4. The molecule has 1 amide bonds. The summed E-state index contributed by atoms with van der Waals surface area (Å²) in [6.07, 6.45) is 3.55. The van der Waals surface area contributed by atoms with Crippen molar-refractivity contribution in [2.24, 2.45) is 0 Å². The Hall–Kier alpha value is -2.47. The van der Waals surface area contributed by atoms with E-state index < -0.39 is 15.9 Å². The molecule has 2 aromatic carbocycles. The Morgan fingerprint density at radius 1 is 1.15 bits per heavy atom. The summed E-state index contributed by atoms with van der Waals surface area (Å²) in [5, 5.41) is 0. The molecule has 0 bridgehead atoms. The van der Waals surface area contributed by atoms with E-state index in [1.165, 1.54) is 23.1 Å². The van der Waals surface area contributed by atoms with Crippen LogP contribution in [0, 0.1) is 5.82 Å². The van der Waals surface area contributed by atoms with Gasteiger partial charge >= 0.3 is 0 Å². The Bertz CT molecular complexity index is 910. The number of hydrogen-bond acceptors (Lipinski definition) is 3. The highest BCUT2D eigenvalue weighted by molar-refractivity contribution is 7.91. The van der Waals surface area contributed by atoms with Gasteiger partial charge in [-0.15, -0.1) is 0 Å². The Labute approximate surface area is 152 Å². The van der Waals surface area contributed by atoms with Gasteiger partial charge in [0.15, 0.2) is 9.84 Å². The molecule has 1 fully saturated rings. The van der Waals surface area contributed by atoms with Gasteiger partial charge in [-0.1, -0.05) is 42.5 Å². The van der Waals surface area contributed by atoms with Crippen LogP contribution < -0.4 is 0 Å². The zero-order valence-electron chi connectivity index (χ0n) is 14.2. The van der Waals surface area contributed by atoms with Gasteiger partial charge in [-0.25, -0.2) is 12.8 Å². The lowest BCUT2D eigenvalue weighted by molar-refractivity contribution is -0.128. The zero-order chi connectivity index (χ0) is 18.6. The molecule has 2 aromatic rings. The van der Waals surface area contributed by atoms with Crippen LogP contribution in [0.25, 0.3) is 6.08 Å². The number of halogens is 1. The van der Waals surface area contributed by atoms with E-state index in [2.05, 4.69) is 0 Å². The maximum Gasteiger partial charge on any atom is 0.247 e. The van der Waals surface area contributed by atoms with Crippen molar-refractivity contribution < 1.29 is 17.6 Å². The van der Waals surface area contributed by atoms with E-state index in [4.69, 9.17) is 0 Å². The number of nitrogens with zero attached hydrogens (tertiary/aromatic N) is 1. The van der Waals surface area contributed by atoms with Crippen molar-refractivity contribution in [2.75, 3.05) is 11.5 Å². The number of hydrogen-bond donors (Lipinski definition) is 0. The number of benzene rings is 2. The lowest BCUT2D eigenvalue weighted by Gasteiger charge is -2.27. The van der Waals surface area contributed by atoms with Gasteiger partial charge in [-0.05, 0) is 35.8 Å². The Kier molecular flexibility index (Phi) is 5.52. The van der Waals surface area contributed by atoms with Crippen molar-refractivity contribution in [3.63, 3.8) is 0 Å². The first-order valence-corrected chi connectivity index (χ1v) is 10.2. The SMILES string of the molecule is O=C(/C=C/c1ccccc1)N(Cc1cccc(F)c1)[C@@H]1CCS(=O)(=O)C1. The fraction of sp³-hybridized carbons (Fsp3) is 0.250. The number of carbonyl (C=O) groups is 1. The first-order valence-electron chi connectivity index (χ1n) is 8.41. The lowest BCUT2D eigenvalue weighted by Crippen LogP contribution is -2.39. The molecule has 0 spiro atoms. The molecule has 3 rings (SSSR count). The van der Waals surface area contributed by atoms with Crippen LogP contribution in [0.2, 0.25) is 0 Å². The van der Waals surface area contributed by atoms with Crippen LogP contribution in [0.1, 0.15) is 17.5 Å². The molecule has 0 radical (unpaired) electrons. The number of amides is 1. The Balaban J connectivity index is 1.82. The summed E-state index contributed by atoms with van der Waals surface area (Å²) in [6, 6.07) is 15.0. The summed E-state index contributed by atoms with van der Waals surface area (Å²) in [5.74, 6) is -0.630. The van der Waals surface area contributed by atoms with E-state index in [0.717, 1.165) is 5.56 Å². The van der Waals surface area contributed by atoms with Crippen LogP contribution in [0.4, 0.5) is 4.39 Å². The highest BCUT2D eigenvalue weighted by atomic mass is 32.2.